The third kappa shape index (κ3) is 2.58. The van der Waals surface area contributed by atoms with E-state index in [-0.39, 0.29) is 23.7 Å². The minimum atomic E-state index is -3.18. The second-order valence-electron chi connectivity index (χ2n) is 6.18. The van der Waals surface area contributed by atoms with Gasteiger partial charge in [0.15, 0.2) is 0 Å². The van der Waals surface area contributed by atoms with Gasteiger partial charge >= 0.3 is 0 Å². The van der Waals surface area contributed by atoms with Crippen molar-refractivity contribution in [1.82, 2.24) is 9.21 Å². The van der Waals surface area contributed by atoms with Gasteiger partial charge in [0.05, 0.1) is 25.4 Å². The van der Waals surface area contributed by atoms with E-state index in [2.05, 4.69) is 0 Å². The highest BCUT2D eigenvalue weighted by atomic mass is 32.2. The molecule has 0 aromatic heterocycles. The smallest absolute Gasteiger partial charge is 0.228 e. The van der Waals surface area contributed by atoms with Crippen molar-refractivity contribution >= 4 is 15.9 Å². The second-order valence-corrected chi connectivity index (χ2v) is 8.16. The summed E-state index contributed by atoms with van der Waals surface area (Å²) in [6.45, 7) is 3.64. The fourth-order valence-electron chi connectivity index (χ4n) is 3.65. The molecular formula is C13H22N2O4S. The molecule has 3 aliphatic heterocycles. The molecule has 1 amide bonds. The lowest BCUT2D eigenvalue weighted by atomic mass is 9.82. The fourth-order valence-corrected chi connectivity index (χ4v) is 4.56. The molecule has 3 aliphatic rings. The number of fused-ring (bicyclic) bond motifs is 1. The van der Waals surface area contributed by atoms with Gasteiger partial charge in [0.2, 0.25) is 15.9 Å². The molecule has 0 bridgehead atoms. The highest BCUT2D eigenvalue weighted by molar-refractivity contribution is 7.88. The predicted molar refractivity (Wildman–Crippen MR) is 73.5 cm³/mol. The normalized spacial score (nSPS) is 35.2. The van der Waals surface area contributed by atoms with Gasteiger partial charge in [-0.25, -0.2) is 12.7 Å². The maximum absolute atomic E-state index is 12.6. The monoisotopic (exact) mass is 302 g/mol. The molecule has 20 heavy (non-hydrogen) atoms. The lowest BCUT2D eigenvalue weighted by Crippen LogP contribution is -2.45. The van der Waals surface area contributed by atoms with Crippen molar-refractivity contribution in [2.75, 3.05) is 45.6 Å². The van der Waals surface area contributed by atoms with Gasteiger partial charge in [0, 0.05) is 32.1 Å². The number of rotatable bonds is 2. The molecule has 0 spiro atoms. The second kappa shape index (κ2) is 5.27. The van der Waals surface area contributed by atoms with Gasteiger partial charge in [0.1, 0.15) is 0 Å². The van der Waals surface area contributed by atoms with Crippen molar-refractivity contribution in [3.63, 3.8) is 0 Å². The lowest BCUT2D eigenvalue weighted by molar-refractivity contribution is -0.143. The quantitative estimate of drug-likeness (QED) is 0.706. The lowest BCUT2D eigenvalue weighted by Gasteiger charge is -2.34. The molecule has 114 valence electrons. The van der Waals surface area contributed by atoms with Crippen molar-refractivity contribution in [2.24, 2.45) is 17.8 Å². The number of likely N-dealkylation sites (tertiary alicyclic amines) is 1. The van der Waals surface area contributed by atoms with Gasteiger partial charge in [-0.05, 0) is 18.8 Å². The largest absolute Gasteiger partial charge is 0.380 e. The van der Waals surface area contributed by atoms with E-state index >= 15 is 0 Å². The molecule has 0 unspecified atom stereocenters. The van der Waals surface area contributed by atoms with Crippen molar-refractivity contribution in [2.45, 2.75) is 12.8 Å². The number of sulfonamides is 1. The van der Waals surface area contributed by atoms with Crippen LogP contribution < -0.4 is 0 Å². The number of nitrogens with zero attached hydrogens (tertiary/aromatic N) is 2. The van der Waals surface area contributed by atoms with Crippen LogP contribution in [0.3, 0.4) is 0 Å². The van der Waals surface area contributed by atoms with Crippen molar-refractivity contribution in [3.05, 3.63) is 0 Å². The molecule has 3 fully saturated rings. The summed E-state index contributed by atoms with van der Waals surface area (Å²) in [4.78, 5) is 14.5. The molecule has 3 heterocycles. The molecule has 0 aliphatic carbocycles. The summed E-state index contributed by atoms with van der Waals surface area (Å²) in [5.74, 6) is 0.271. The van der Waals surface area contributed by atoms with E-state index in [9.17, 15) is 13.2 Å². The van der Waals surface area contributed by atoms with Crippen LogP contribution >= 0.6 is 0 Å². The highest BCUT2D eigenvalue weighted by Crippen LogP contribution is 2.36. The van der Waals surface area contributed by atoms with Crippen LogP contribution in [0.5, 0.6) is 0 Å². The van der Waals surface area contributed by atoms with E-state index in [0.717, 1.165) is 25.9 Å². The van der Waals surface area contributed by atoms with E-state index in [1.54, 1.807) is 0 Å². The summed E-state index contributed by atoms with van der Waals surface area (Å²) in [6.07, 6.45) is 3.38. The highest BCUT2D eigenvalue weighted by Gasteiger charge is 2.47. The number of amides is 1. The zero-order valence-electron chi connectivity index (χ0n) is 11.8. The van der Waals surface area contributed by atoms with E-state index < -0.39 is 10.0 Å². The maximum atomic E-state index is 12.6. The van der Waals surface area contributed by atoms with Crippen LogP contribution in [-0.4, -0.2) is 69.2 Å². The third-order valence-electron chi connectivity index (χ3n) is 4.81. The van der Waals surface area contributed by atoms with Crippen LogP contribution in [0.25, 0.3) is 0 Å². The Balaban J connectivity index is 1.74. The van der Waals surface area contributed by atoms with Crippen LogP contribution in [0.1, 0.15) is 12.8 Å². The van der Waals surface area contributed by atoms with Crippen LogP contribution in [0.2, 0.25) is 0 Å². The summed E-state index contributed by atoms with van der Waals surface area (Å²) >= 11 is 0. The number of hydrogen-bond acceptors (Lipinski definition) is 4. The number of hydrogen-bond donors (Lipinski definition) is 0. The van der Waals surface area contributed by atoms with Gasteiger partial charge in [-0.2, -0.15) is 0 Å². The first kappa shape index (κ1) is 14.3. The average molecular weight is 302 g/mol. The molecule has 6 nitrogen and oxygen atoms in total. The van der Waals surface area contributed by atoms with Crippen LogP contribution in [0.15, 0.2) is 0 Å². The summed E-state index contributed by atoms with van der Waals surface area (Å²) in [7, 11) is -3.18. The topological polar surface area (TPSA) is 66.9 Å². The third-order valence-corrected chi connectivity index (χ3v) is 6.04. The molecule has 0 saturated carbocycles. The Morgan fingerprint density at radius 1 is 1.15 bits per heavy atom. The number of ether oxygens (including phenoxy) is 1. The predicted octanol–water partition coefficient (Wildman–Crippen LogP) is -0.237. The fraction of sp³-hybridized carbons (Fsp3) is 0.923. The van der Waals surface area contributed by atoms with Crippen LogP contribution in [0, 0.1) is 17.8 Å². The summed E-state index contributed by atoms with van der Waals surface area (Å²) in [5, 5.41) is 0. The zero-order chi connectivity index (χ0) is 14.3. The molecular weight excluding hydrogens is 280 g/mol. The zero-order valence-corrected chi connectivity index (χ0v) is 12.6. The van der Waals surface area contributed by atoms with Crippen molar-refractivity contribution in [1.29, 1.82) is 0 Å². The molecule has 7 heteroatoms. The summed E-state index contributed by atoms with van der Waals surface area (Å²) in [5.41, 5.74) is 0. The summed E-state index contributed by atoms with van der Waals surface area (Å²) in [6, 6.07) is 0. The number of carbonyl (C=O) groups excluding carboxylic acids is 1. The van der Waals surface area contributed by atoms with Crippen molar-refractivity contribution < 1.29 is 17.9 Å². The first-order valence-electron chi connectivity index (χ1n) is 7.28. The van der Waals surface area contributed by atoms with Gasteiger partial charge in [-0.15, -0.1) is 0 Å². The Morgan fingerprint density at radius 2 is 1.85 bits per heavy atom. The van der Waals surface area contributed by atoms with E-state index in [1.807, 2.05) is 4.90 Å². The van der Waals surface area contributed by atoms with E-state index in [0.29, 0.717) is 26.3 Å². The van der Waals surface area contributed by atoms with Gasteiger partial charge in [-0.3, -0.25) is 4.79 Å². The molecule has 3 saturated heterocycles. The Hall–Kier alpha value is -0.660. The summed E-state index contributed by atoms with van der Waals surface area (Å²) < 4.78 is 30.5. The SMILES string of the molecule is CS(=O)(=O)N1C[C@@H]2COC[C@H](C(=O)N3CCCC3)[C@@H]2C1. The number of carbonyl (C=O) groups is 1. The Morgan fingerprint density at radius 3 is 2.50 bits per heavy atom. The molecule has 0 radical (unpaired) electrons. The molecule has 0 aromatic carbocycles. The maximum Gasteiger partial charge on any atom is 0.228 e. The van der Waals surface area contributed by atoms with E-state index in [4.69, 9.17) is 4.74 Å². The van der Waals surface area contributed by atoms with Gasteiger partial charge in [0.25, 0.3) is 0 Å². The first-order valence-corrected chi connectivity index (χ1v) is 9.13. The Bertz CT molecular complexity index is 487. The standard InChI is InChI=1S/C13H22N2O4S/c1-20(17,18)15-6-10-8-19-9-12(11(10)7-15)13(16)14-4-2-3-5-14/h10-12H,2-9H2,1H3/t10-,11-,12+/m1/s1. The van der Waals surface area contributed by atoms with Crippen LogP contribution in [-0.2, 0) is 19.6 Å². The first-order chi connectivity index (χ1) is 9.47. The molecule has 0 aromatic rings. The van der Waals surface area contributed by atoms with Gasteiger partial charge in [-0.1, -0.05) is 0 Å². The average Bonchev–Trinajstić information content (AvgIpc) is 3.05. The van der Waals surface area contributed by atoms with Crippen molar-refractivity contribution in [3.8, 4) is 0 Å². The minimum Gasteiger partial charge on any atom is -0.380 e. The van der Waals surface area contributed by atoms with E-state index in [1.165, 1.54) is 10.6 Å². The van der Waals surface area contributed by atoms with Gasteiger partial charge < -0.3 is 9.64 Å². The minimum absolute atomic E-state index is 0.117. The molecule has 3 atom stereocenters. The Labute approximate surface area is 120 Å². The Kier molecular flexibility index (Phi) is 3.77. The molecule has 3 rings (SSSR count). The van der Waals surface area contributed by atoms with Crippen LogP contribution in [0.4, 0.5) is 0 Å². The molecule has 0 N–H and O–H groups in total.